The topological polar surface area (TPSA) is 44.7 Å². The Kier molecular flexibility index (Phi) is 7.04. The number of nitrogens with zero attached hydrogens (tertiary/aromatic N) is 1. The van der Waals surface area contributed by atoms with Crippen LogP contribution >= 0.6 is 0 Å². The molecule has 0 radical (unpaired) electrons. The fourth-order valence-corrected chi connectivity index (χ4v) is 2.89. The van der Waals surface area contributed by atoms with E-state index in [-0.39, 0.29) is 6.10 Å². The minimum atomic E-state index is -0.373. The Morgan fingerprint density at radius 2 is 2.12 bits per heavy atom. The molecule has 0 heterocycles. The summed E-state index contributed by atoms with van der Waals surface area (Å²) < 4.78 is 4.95. The second-order valence-electron chi connectivity index (χ2n) is 5.27. The summed E-state index contributed by atoms with van der Waals surface area (Å²) in [6.07, 6.45) is 4.91. The maximum Gasteiger partial charge on any atom is 0.0899 e. The van der Waals surface area contributed by atoms with Crippen LogP contribution in [0.5, 0.6) is 0 Å². The standard InChI is InChI=1S/C13H28N2O2/c1-14-13-7-5-4-6-11(13)8-15(2)9-12(16)10-17-3/h11-14,16H,4-10H2,1-3H3. The van der Waals surface area contributed by atoms with Gasteiger partial charge in [-0.15, -0.1) is 0 Å². The van der Waals surface area contributed by atoms with Crippen LogP contribution in [0.3, 0.4) is 0 Å². The quantitative estimate of drug-likeness (QED) is 0.692. The van der Waals surface area contributed by atoms with Gasteiger partial charge in [-0.25, -0.2) is 0 Å². The monoisotopic (exact) mass is 244 g/mol. The first-order chi connectivity index (χ1) is 8.17. The molecule has 1 aliphatic rings. The van der Waals surface area contributed by atoms with Crippen LogP contribution in [0.2, 0.25) is 0 Å². The van der Waals surface area contributed by atoms with Crippen LogP contribution in [0.25, 0.3) is 0 Å². The van der Waals surface area contributed by atoms with Gasteiger partial charge in [0.2, 0.25) is 0 Å². The van der Waals surface area contributed by atoms with E-state index in [4.69, 9.17) is 4.74 Å². The van der Waals surface area contributed by atoms with Crippen molar-refractivity contribution in [2.45, 2.75) is 37.8 Å². The molecule has 102 valence electrons. The van der Waals surface area contributed by atoms with Crippen LogP contribution in [-0.4, -0.2) is 63.1 Å². The Morgan fingerprint density at radius 1 is 1.41 bits per heavy atom. The molecule has 0 saturated heterocycles. The van der Waals surface area contributed by atoms with Crippen molar-refractivity contribution in [3.8, 4) is 0 Å². The Balaban J connectivity index is 2.30. The van der Waals surface area contributed by atoms with Gasteiger partial charge in [-0.3, -0.25) is 0 Å². The van der Waals surface area contributed by atoms with Gasteiger partial charge in [0.1, 0.15) is 0 Å². The van der Waals surface area contributed by atoms with E-state index in [1.807, 2.05) is 0 Å². The minimum absolute atomic E-state index is 0.373. The van der Waals surface area contributed by atoms with Gasteiger partial charge in [0, 0.05) is 26.2 Å². The lowest BCUT2D eigenvalue weighted by molar-refractivity contribution is 0.0376. The van der Waals surface area contributed by atoms with E-state index in [0.29, 0.717) is 25.1 Å². The van der Waals surface area contributed by atoms with E-state index in [2.05, 4.69) is 24.3 Å². The Labute approximate surface area is 105 Å². The summed E-state index contributed by atoms with van der Waals surface area (Å²) in [5.74, 6) is 0.716. The maximum atomic E-state index is 9.69. The Morgan fingerprint density at radius 3 is 2.76 bits per heavy atom. The molecule has 3 unspecified atom stereocenters. The molecule has 0 aromatic carbocycles. The molecular formula is C13H28N2O2. The Bertz CT molecular complexity index is 202. The molecule has 0 spiro atoms. The molecule has 0 aromatic heterocycles. The number of methoxy groups -OCH3 is 1. The van der Waals surface area contributed by atoms with Crippen LogP contribution in [0.15, 0.2) is 0 Å². The summed E-state index contributed by atoms with van der Waals surface area (Å²) in [5, 5.41) is 13.1. The first-order valence-corrected chi connectivity index (χ1v) is 6.70. The van der Waals surface area contributed by atoms with E-state index in [9.17, 15) is 5.11 Å². The molecule has 0 aromatic rings. The molecule has 0 aliphatic heterocycles. The predicted molar refractivity (Wildman–Crippen MR) is 70.2 cm³/mol. The molecule has 0 bridgehead atoms. The van der Waals surface area contributed by atoms with Crippen LogP contribution < -0.4 is 5.32 Å². The lowest BCUT2D eigenvalue weighted by Gasteiger charge is -2.34. The number of aliphatic hydroxyl groups is 1. The molecule has 1 rings (SSSR count). The van der Waals surface area contributed by atoms with Gasteiger partial charge < -0.3 is 20.1 Å². The third-order valence-electron chi connectivity index (χ3n) is 3.71. The summed E-state index contributed by atoms with van der Waals surface area (Å²) in [5.41, 5.74) is 0. The molecule has 4 heteroatoms. The van der Waals surface area contributed by atoms with Crippen molar-refractivity contribution in [1.29, 1.82) is 0 Å². The highest BCUT2D eigenvalue weighted by Gasteiger charge is 2.25. The minimum Gasteiger partial charge on any atom is -0.389 e. The largest absolute Gasteiger partial charge is 0.389 e. The number of hydrogen-bond donors (Lipinski definition) is 2. The third kappa shape index (κ3) is 5.34. The summed E-state index contributed by atoms with van der Waals surface area (Å²) in [6.45, 7) is 2.18. The number of nitrogens with one attached hydrogen (secondary N) is 1. The zero-order chi connectivity index (χ0) is 12.7. The van der Waals surface area contributed by atoms with Gasteiger partial charge in [-0.05, 0) is 32.9 Å². The van der Waals surface area contributed by atoms with Crippen LogP contribution in [0, 0.1) is 5.92 Å². The number of likely N-dealkylation sites (N-methyl/N-ethyl adjacent to an activating group) is 1. The van der Waals surface area contributed by atoms with Crippen LogP contribution in [-0.2, 0) is 4.74 Å². The van der Waals surface area contributed by atoms with E-state index in [1.54, 1.807) is 7.11 Å². The fourth-order valence-electron chi connectivity index (χ4n) is 2.89. The summed E-state index contributed by atoms with van der Waals surface area (Å²) >= 11 is 0. The number of hydrogen-bond acceptors (Lipinski definition) is 4. The summed E-state index contributed by atoms with van der Waals surface area (Å²) in [4.78, 5) is 2.23. The summed E-state index contributed by atoms with van der Waals surface area (Å²) in [7, 11) is 5.77. The van der Waals surface area contributed by atoms with Gasteiger partial charge in [0.05, 0.1) is 12.7 Å². The van der Waals surface area contributed by atoms with E-state index < -0.39 is 0 Å². The highest BCUT2D eigenvalue weighted by Crippen LogP contribution is 2.24. The molecule has 3 atom stereocenters. The van der Waals surface area contributed by atoms with E-state index in [0.717, 1.165) is 6.54 Å². The van der Waals surface area contributed by atoms with Crippen molar-refractivity contribution in [3.63, 3.8) is 0 Å². The lowest BCUT2D eigenvalue weighted by Crippen LogP contribution is -2.43. The average molecular weight is 244 g/mol. The number of aliphatic hydroxyl groups excluding tert-OH is 1. The molecule has 1 saturated carbocycles. The lowest BCUT2D eigenvalue weighted by atomic mass is 9.84. The average Bonchev–Trinajstić information content (AvgIpc) is 2.29. The second kappa shape index (κ2) is 8.03. The second-order valence-corrected chi connectivity index (χ2v) is 5.27. The van der Waals surface area contributed by atoms with Crippen molar-refractivity contribution in [2.75, 3.05) is 40.9 Å². The predicted octanol–water partition coefficient (Wildman–Crippen LogP) is 0.704. The molecule has 4 nitrogen and oxygen atoms in total. The number of rotatable bonds is 7. The van der Waals surface area contributed by atoms with Gasteiger partial charge in [0.15, 0.2) is 0 Å². The van der Waals surface area contributed by atoms with Crippen molar-refractivity contribution in [1.82, 2.24) is 10.2 Å². The molecule has 1 aliphatic carbocycles. The normalized spacial score (nSPS) is 27.4. The first kappa shape index (κ1) is 14.9. The van der Waals surface area contributed by atoms with Crippen LogP contribution in [0.4, 0.5) is 0 Å². The van der Waals surface area contributed by atoms with Gasteiger partial charge >= 0.3 is 0 Å². The Hall–Kier alpha value is -0.160. The molecule has 2 N–H and O–H groups in total. The first-order valence-electron chi connectivity index (χ1n) is 6.70. The maximum absolute atomic E-state index is 9.69. The van der Waals surface area contributed by atoms with Crippen molar-refractivity contribution < 1.29 is 9.84 Å². The zero-order valence-corrected chi connectivity index (χ0v) is 11.5. The third-order valence-corrected chi connectivity index (χ3v) is 3.71. The van der Waals surface area contributed by atoms with Crippen LogP contribution in [0.1, 0.15) is 25.7 Å². The van der Waals surface area contributed by atoms with Gasteiger partial charge in [0.25, 0.3) is 0 Å². The highest BCUT2D eigenvalue weighted by atomic mass is 16.5. The van der Waals surface area contributed by atoms with Crippen molar-refractivity contribution >= 4 is 0 Å². The van der Waals surface area contributed by atoms with Crippen molar-refractivity contribution in [3.05, 3.63) is 0 Å². The highest BCUT2D eigenvalue weighted by molar-refractivity contribution is 4.82. The molecule has 17 heavy (non-hydrogen) atoms. The van der Waals surface area contributed by atoms with E-state index >= 15 is 0 Å². The fraction of sp³-hybridized carbons (Fsp3) is 1.00. The molecule has 1 fully saturated rings. The molecular weight excluding hydrogens is 216 g/mol. The smallest absolute Gasteiger partial charge is 0.0899 e. The number of ether oxygens (including phenoxy) is 1. The zero-order valence-electron chi connectivity index (χ0n) is 11.5. The molecule has 0 amide bonds. The van der Waals surface area contributed by atoms with Gasteiger partial charge in [-0.2, -0.15) is 0 Å². The van der Waals surface area contributed by atoms with Gasteiger partial charge in [-0.1, -0.05) is 12.8 Å². The van der Waals surface area contributed by atoms with E-state index in [1.165, 1.54) is 25.7 Å². The SMILES string of the molecule is CNC1CCCCC1CN(C)CC(O)COC. The summed E-state index contributed by atoms with van der Waals surface area (Å²) in [6, 6.07) is 0.644. The van der Waals surface area contributed by atoms with Crippen molar-refractivity contribution in [2.24, 2.45) is 5.92 Å².